The average Bonchev–Trinajstić information content (AvgIpc) is 1.62. The number of anilines is 6. The number of nitrogens with zero attached hydrogens (tertiary/aromatic N) is 20. The first-order valence-corrected chi connectivity index (χ1v) is 61.3. The Bertz CT molecular complexity index is 7280. The molecule has 37 heteroatoms. The number of unbranched alkanes of at least 4 members (excludes halogenated alkanes) is 3. The van der Waals surface area contributed by atoms with Crippen molar-refractivity contribution >= 4 is 349 Å². The monoisotopic (exact) mass is 2490 g/mol. The molecule has 0 aliphatic heterocycles. The van der Waals surface area contributed by atoms with E-state index in [0.717, 1.165) is 169 Å². The maximum atomic E-state index is 10.6. The molecule has 8 aromatic heterocycles. The largest absolute Gasteiger partial charge is 0.302 e. The van der Waals surface area contributed by atoms with Gasteiger partial charge in [-0.15, -0.1) is 11.3 Å². The van der Waals surface area contributed by atoms with Gasteiger partial charge >= 0.3 is 212 Å². The molecule has 18 aromatic rings. The summed E-state index contributed by atoms with van der Waals surface area (Å²) < 4.78 is 61.5. The SMILES string of the molecule is Brc1ccc(C(Br)Br)c2nsnc12.CCC[CH2][Sn]([CH2]CCC)([CH2]CCC)[c]1ccc(N(c2ccc(C)cc2)c2ccc(C)cc2)s1.Cc1ccc(Br)c2nsnc12.O=Cc1ccc(Br)c2nsnc12.[C-]#[N+]/C(C#N)=C\c1ccc(-c2ccc(N(c3ccc(C)cc3)c3ccc(C)cc3)s2)c2nsnc12.[C-]#[N+]/C(C#N)=C\c1ccc(Br)c2nsnc12.[C-]#[N+]/C(C#N)=C\c1ccc(Br)c2nsnc12. The molecule has 0 unspecified atom stereocenters. The molecule has 0 fully saturated rings. The zero-order valence-electron chi connectivity index (χ0n) is 74.0. The fourth-order valence-electron chi connectivity index (χ4n) is 14.0. The van der Waals surface area contributed by atoms with Gasteiger partial charge in [0.2, 0.25) is 0 Å². The molecule has 8 heterocycles. The van der Waals surface area contributed by atoms with E-state index in [2.05, 4.69) is 369 Å². The normalized spacial score (nSPS) is 11.2. The predicted octanol–water partition coefficient (Wildman–Crippen LogP) is 33.9. The van der Waals surface area contributed by atoms with Gasteiger partial charge in [0, 0.05) is 55.3 Å². The number of nitriles is 3. The van der Waals surface area contributed by atoms with Gasteiger partial charge in [0.15, 0.2) is 6.29 Å². The van der Waals surface area contributed by atoms with Gasteiger partial charge in [-0.05, 0) is 214 Å². The van der Waals surface area contributed by atoms with E-state index in [1.165, 1.54) is 132 Å². The number of allylic oxidation sites excluding steroid dienone is 3. The Morgan fingerprint density at radius 2 is 0.669 bits per heavy atom. The number of carbonyl (C=O) groups excluding carboxylic acids is 1. The van der Waals surface area contributed by atoms with E-state index >= 15 is 0 Å². The van der Waals surface area contributed by atoms with Crippen molar-refractivity contribution in [2.75, 3.05) is 9.80 Å². The number of carbonyl (C=O) groups is 1. The van der Waals surface area contributed by atoms with E-state index in [-0.39, 0.29) is 20.8 Å². The molecule has 0 radical (unpaired) electrons. The first kappa shape index (κ1) is 105. The van der Waals surface area contributed by atoms with Gasteiger partial charge in [-0.1, -0.05) is 104 Å². The molecule has 0 atom stereocenters. The molecule has 18 rings (SSSR count). The molecule has 0 saturated heterocycles. The summed E-state index contributed by atoms with van der Waals surface area (Å²) in [6.45, 7) is 38.4. The summed E-state index contributed by atoms with van der Waals surface area (Å²) in [5, 5.41) is 29.0. The van der Waals surface area contributed by atoms with Gasteiger partial charge in [0.05, 0.1) is 112 Å². The molecule has 136 heavy (non-hydrogen) atoms. The van der Waals surface area contributed by atoms with Crippen molar-refractivity contribution in [3.8, 4) is 28.6 Å². The van der Waals surface area contributed by atoms with E-state index in [0.29, 0.717) is 27.6 Å². The van der Waals surface area contributed by atoms with Crippen molar-refractivity contribution in [1.29, 1.82) is 15.8 Å². The minimum atomic E-state index is -2.42. The van der Waals surface area contributed by atoms with Crippen molar-refractivity contribution in [3.63, 3.8) is 0 Å². The molecule has 21 nitrogen and oxygen atoms in total. The molecular formula is C99H79Br7N20OS8Sn. The van der Waals surface area contributed by atoms with Gasteiger partial charge in [0.1, 0.15) is 71.2 Å². The predicted molar refractivity (Wildman–Crippen MR) is 595 cm³/mol. The molecule has 0 N–H and O–H groups in total. The van der Waals surface area contributed by atoms with Crippen LogP contribution >= 0.6 is 205 Å². The molecule has 0 aliphatic carbocycles. The van der Waals surface area contributed by atoms with E-state index < -0.39 is 18.4 Å². The molecule has 10 aromatic carbocycles. The average molecular weight is 2500 g/mol. The Labute approximate surface area is 884 Å². The maximum absolute atomic E-state index is 10.6. The van der Waals surface area contributed by atoms with Crippen molar-refractivity contribution < 1.29 is 4.79 Å². The summed E-state index contributed by atoms with van der Waals surface area (Å²) in [6.07, 6.45) is 13.6. The summed E-state index contributed by atoms with van der Waals surface area (Å²) in [7, 11) is 0. The third-order valence-electron chi connectivity index (χ3n) is 21.2. The Morgan fingerprint density at radius 1 is 0.368 bits per heavy atom. The van der Waals surface area contributed by atoms with Crippen LogP contribution in [0.3, 0.4) is 0 Å². The standard InChI is InChI=1S/C28H19N5S2.C18H16NS.2C10H3BrN4S.C7H3Br3N2S.C7H3BrN2OS.C7H5BrN2S.3C4H9.Sn/c1-18-4-9-22(10-5-18)33(23-11-6-19(2)7-12-23)26-15-14-25(34-26)24-13-8-20(16-21(17-29)30-3)27-28(24)32-35-31-27;1-14-5-9-16(10-6-14)19(18-4-3-13-20-18)17-11-7-15(2)8-12-17;2*1-13-7(5-12)4-6-2-3-8(11)10-9(6)14-16-15-10;8-4-2-1-3(7(9)10)5-6(4)12-13-11-5;8-5-2-1-4(3-11)6-7(5)10-12-9-6;1-4-2-3-5(8)7-6(4)9-11-10-7;3*1-3-4-2;/h4-16H,1-2H3;3-12H,1-2H3;2*2-4H;1-2,7H;1-3H;2-3H,1H3;3*1,3-4H2,2H3;/b21-16-;;2*7-4-;;;;;;;. The van der Waals surface area contributed by atoms with Crippen LogP contribution in [0.2, 0.25) is 13.3 Å². The fourth-order valence-corrected chi connectivity index (χ4v) is 42.1. The number of thiophene rings is 2. The van der Waals surface area contributed by atoms with Gasteiger partial charge in [0.25, 0.3) is 17.1 Å². The summed E-state index contributed by atoms with van der Waals surface area (Å²) in [6, 6.07) is 72.6. The summed E-state index contributed by atoms with van der Waals surface area (Å²) in [5.41, 5.74) is 25.6. The third kappa shape index (κ3) is 26.8. The van der Waals surface area contributed by atoms with Gasteiger partial charge in [-0.3, -0.25) is 4.79 Å². The van der Waals surface area contributed by atoms with Crippen LogP contribution in [0.15, 0.2) is 234 Å². The second kappa shape index (κ2) is 51.7. The Hall–Kier alpha value is -9.89. The quantitative estimate of drug-likeness (QED) is 0.0201. The number of alkyl halides is 2. The van der Waals surface area contributed by atoms with E-state index in [1.54, 1.807) is 44.6 Å². The molecule has 682 valence electrons. The molecular weight excluding hydrogens is 2420 g/mol. The minimum Gasteiger partial charge on any atom is -0.302 e. The van der Waals surface area contributed by atoms with E-state index in [1.807, 2.05) is 73.7 Å². The fraction of sp³-hybridized carbons (Fsp3) is 0.182. The molecule has 0 aliphatic rings. The number of aryl methyl sites for hydroxylation is 5. The van der Waals surface area contributed by atoms with Gasteiger partial charge < -0.3 is 4.90 Å². The third-order valence-corrected chi connectivity index (χ3v) is 49.0. The Balaban J connectivity index is 0.000000150. The second-order valence-electron chi connectivity index (χ2n) is 30.4. The van der Waals surface area contributed by atoms with Crippen LogP contribution in [0, 0.1) is 88.3 Å². The molecule has 0 bridgehead atoms. The van der Waals surface area contributed by atoms with Crippen LogP contribution in [0.4, 0.5) is 32.8 Å². The van der Waals surface area contributed by atoms with Crippen LogP contribution in [-0.2, 0) is 0 Å². The van der Waals surface area contributed by atoms with E-state index in [4.69, 9.17) is 35.5 Å². The number of rotatable bonds is 22. The number of benzene rings is 10. The summed E-state index contributed by atoms with van der Waals surface area (Å²) >= 11 is 32.1. The summed E-state index contributed by atoms with van der Waals surface area (Å²) in [4.78, 5) is 25.8. The smallest absolute Gasteiger partial charge is 0.262 e. The van der Waals surface area contributed by atoms with Crippen LogP contribution < -0.4 is 12.7 Å². The van der Waals surface area contributed by atoms with Crippen LogP contribution in [0.5, 0.6) is 0 Å². The first-order valence-electron chi connectivity index (χ1n) is 42.0. The second-order valence-corrected chi connectivity index (χ2v) is 57.2. The van der Waals surface area contributed by atoms with Crippen molar-refractivity contribution in [2.45, 2.75) is 111 Å². The van der Waals surface area contributed by atoms with Crippen molar-refractivity contribution in [1.82, 2.24) is 52.5 Å². The number of hydrogen-bond acceptors (Lipinski definition) is 26. The number of fused-ring (bicyclic) bond motifs is 6. The Morgan fingerprint density at radius 3 is 1.03 bits per heavy atom. The van der Waals surface area contributed by atoms with Crippen molar-refractivity contribution in [3.05, 3.63) is 323 Å². The van der Waals surface area contributed by atoms with Crippen molar-refractivity contribution in [2.24, 2.45) is 0 Å². The number of aldehydes is 1. The maximum Gasteiger partial charge on any atom is 0.262 e. The zero-order valence-corrected chi connectivity index (χ0v) is 94.5. The minimum absolute atomic E-state index is 0.0253. The topological polar surface area (TPSA) is 263 Å². The van der Waals surface area contributed by atoms with Gasteiger partial charge in [-0.2, -0.15) is 52.5 Å². The number of aromatic nitrogens is 12. The Kier molecular flexibility index (Phi) is 39.9. The molecule has 0 saturated carbocycles. The zero-order chi connectivity index (χ0) is 97.0. The van der Waals surface area contributed by atoms with Crippen LogP contribution in [0.1, 0.15) is 123 Å². The first-order chi connectivity index (χ1) is 65.9. The number of hydrogen-bond donors (Lipinski definition) is 0. The van der Waals surface area contributed by atoms with Crippen LogP contribution in [-0.4, -0.2) is 77.1 Å². The molecule has 0 spiro atoms. The summed E-state index contributed by atoms with van der Waals surface area (Å²) in [5.74, 6) is 0. The van der Waals surface area contributed by atoms with E-state index in [9.17, 15) is 4.79 Å². The van der Waals surface area contributed by atoms with Gasteiger partial charge in [-0.25, -0.2) is 30.3 Å². The molecule has 0 amide bonds. The number of halogens is 7. The van der Waals surface area contributed by atoms with Crippen LogP contribution in [0.25, 0.3) is 109 Å².